The summed E-state index contributed by atoms with van der Waals surface area (Å²) in [6.07, 6.45) is 1.59. The number of likely N-dealkylation sites (N-methyl/N-ethyl adjacent to an activating group) is 1. The Bertz CT molecular complexity index is 1020. The highest BCUT2D eigenvalue weighted by Gasteiger charge is 2.27. The number of nitrogens with zero attached hydrogens (tertiary/aromatic N) is 2. The number of aromatic hydroxyl groups is 1. The van der Waals surface area contributed by atoms with Crippen LogP contribution in [0.15, 0.2) is 23.0 Å². The summed E-state index contributed by atoms with van der Waals surface area (Å²) in [5.41, 5.74) is 3.43. The Morgan fingerprint density at radius 2 is 2.07 bits per heavy atom. The van der Waals surface area contributed by atoms with E-state index in [1.165, 1.54) is 0 Å². The molecule has 1 unspecified atom stereocenters. The Balaban J connectivity index is 0.00000256. The molecule has 0 radical (unpaired) electrons. The molecule has 0 saturated carbocycles. The van der Waals surface area contributed by atoms with Crippen LogP contribution in [0.1, 0.15) is 24.0 Å². The van der Waals surface area contributed by atoms with Crippen molar-refractivity contribution in [3.63, 3.8) is 0 Å². The minimum Gasteiger partial charge on any atom is -0.504 e. The van der Waals surface area contributed by atoms with Crippen molar-refractivity contribution >= 4 is 24.2 Å². The van der Waals surface area contributed by atoms with Crippen LogP contribution in [0.5, 0.6) is 11.5 Å². The first-order valence-electron chi connectivity index (χ1n) is 9.78. The number of carbonyl (C=O) groups is 1. The number of benzene rings is 1. The third kappa shape index (κ3) is 3.97. The maximum Gasteiger partial charge on any atom is 0.511 e. The number of aromatic nitrogens is 1. The molecule has 162 valence electrons. The number of halogens is 1. The topological polar surface area (TPSA) is 106 Å². The van der Waals surface area contributed by atoms with Crippen LogP contribution in [0.25, 0.3) is 11.3 Å². The predicted molar refractivity (Wildman–Crippen MR) is 116 cm³/mol. The van der Waals surface area contributed by atoms with Crippen molar-refractivity contribution in [2.75, 3.05) is 32.1 Å². The number of aromatic amines is 1. The van der Waals surface area contributed by atoms with Gasteiger partial charge in [-0.1, -0.05) is 6.07 Å². The summed E-state index contributed by atoms with van der Waals surface area (Å²) >= 11 is 0. The fourth-order valence-electron chi connectivity index (χ4n) is 4.35. The largest absolute Gasteiger partial charge is 0.511 e. The second-order valence-corrected chi connectivity index (χ2v) is 7.90. The summed E-state index contributed by atoms with van der Waals surface area (Å²) in [5.74, 6) is -0.959. The minimum atomic E-state index is -1.63. The van der Waals surface area contributed by atoms with E-state index in [0.717, 1.165) is 49.2 Å². The summed E-state index contributed by atoms with van der Waals surface area (Å²) in [4.78, 5) is 30.5. The van der Waals surface area contributed by atoms with E-state index >= 15 is 0 Å². The molecule has 1 saturated heterocycles. The quantitative estimate of drug-likeness (QED) is 0.636. The van der Waals surface area contributed by atoms with Crippen molar-refractivity contribution < 1.29 is 19.7 Å². The zero-order valence-corrected chi connectivity index (χ0v) is 17.8. The van der Waals surface area contributed by atoms with Gasteiger partial charge in [0.05, 0.1) is 5.69 Å². The third-order valence-electron chi connectivity index (χ3n) is 5.93. The van der Waals surface area contributed by atoms with Crippen LogP contribution < -0.4 is 15.2 Å². The third-order valence-corrected chi connectivity index (χ3v) is 5.93. The number of pyridine rings is 1. The molecule has 9 heteroatoms. The zero-order valence-electron chi connectivity index (χ0n) is 17.0. The Morgan fingerprint density at radius 1 is 1.30 bits per heavy atom. The Kier molecular flexibility index (Phi) is 6.28. The Morgan fingerprint density at radius 3 is 2.73 bits per heavy atom. The van der Waals surface area contributed by atoms with Gasteiger partial charge < -0.3 is 29.7 Å². The van der Waals surface area contributed by atoms with Crippen LogP contribution in [0.4, 0.5) is 10.5 Å². The molecule has 0 amide bonds. The smallest absolute Gasteiger partial charge is 0.504 e. The van der Waals surface area contributed by atoms with Gasteiger partial charge >= 0.3 is 6.16 Å². The standard InChI is InChI=1S/C21H25N3O5.ClH/c1-23(2)14-8-9-24(11-14)13-6-7-15-12(10-13)4-3-5-16-17(15)22-20(26)19(18(16)25)29-21(27)28;/h6-7,10,14H,3-5,8-9,11H2,1-2H3,(H,27,28)(H2,22,25,26);1H. The lowest BCUT2D eigenvalue weighted by Gasteiger charge is -2.23. The second-order valence-electron chi connectivity index (χ2n) is 7.90. The normalized spacial score (nSPS) is 17.7. The molecular formula is C21H26ClN3O5. The van der Waals surface area contributed by atoms with Crippen LogP contribution >= 0.6 is 12.4 Å². The Hall–Kier alpha value is -2.71. The van der Waals surface area contributed by atoms with Gasteiger partial charge in [0.15, 0.2) is 5.75 Å². The number of rotatable bonds is 3. The molecule has 0 spiro atoms. The van der Waals surface area contributed by atoms with E-state index in [4.69, 9.17) is 5.11 Å². The number of anilines is 1. The molecule has 8 nitrogen and oxygen atoms in total. The molecule has 1 aliphatic carbocycles. The van der Waals surface area contributed by atoms with Crippen LogP contribution in [-0.4, -0.2) is 59.5 Å². The first-order valence-corrected chi connectivity index (χ1v) is 9.78. The maximum absolute atomic E-state index is 12.3. The van der Waals surface area contributed by atoms with E-state index < -0.39 is 23.2 Å². The van der Waals surface area contributed by atoms with Gasteiger partial charge in [-0.2, -0.15) is 0 Å². The van der Waals surface area contributed by atoms with Gasteiger partial charge in [-0.25, -0.2) is 4.79 Å². The summed E-state index contributed by atoms with van der Waals surface area (Å²) in [6, 6.07) is 6.73. The van der Waals surface area contributed by atoms with Gasteiger partial charge in [-0.05, 0) is 57.5 Å². The first-order chi connectivity index (χ1) is 13.8. The van der Waals surface area contributed by atoms with E-state index in [2.05, 4.69) is 39.7 Å². The highest BCUT2D eigenvalue weighted by Crippen LogP contribution is 2.39. The molecule has 1 aliphatic heterocycles. The number of hydrogen-bond acceptors (Lipinski definition) is 6. The van der Waals surface area contributed by atoms with Crippen molar-refractivity contribution in [3.05, 3.63) is 39.7 Å². The van der Waals surface area contributed by atoms with Crippen molar-refractivity contribution in [1.29, 1.82) is 0 Å². The van der Waals surface area contributed by atoms with Crippen LogP contribution in [-0.2, 0) is 12.8 Å². The van der Waals surface area contributed by atoms with E-state index in [0.29, 0.717) is 23.7 Å². The monoisotopic (exact) mass is 435 g/mol. The van der Waals surface area contributed by atoms with E-state index in [1.54, 1.807) is 0 Å². The summed E-state index contributed by atoms with van der Waals surface area (Å²) < 4.78 is 4.50. The number of aryl methyl sites for hydroxylation is 1. The number of nitrogens with one attached hydrogen (secondary N) is 1. The zero-order chi connectivity index (χ0) is 20.7. The molecule has 2 aliphatic rings. The molecule has 2 heterocycles. The second kappa shape index (κ2) is 8.57. The van der Waals surface area contributed by atoms with Gasteiger partial charge in [-0.15, -0.1) is 12.4 Å². The molecule has 1 aromatic heterocycles. The van der Waals surface area contributed by atoms with Gasteiger partial charge in [0, 0.05) is 35.9 Å². The first kappa shape index (κ1) is 22.0. The number of carboxylic acid groups (broad SMARTS) is 1. The average molecular weight is 436 g/mol. The lowest BCUT2D eigenvalue weighted by atomic mass is 10.00. The fourth-order valence-corrected chi connectivity index (χ4v) is 4.35. The van der Waals surface area contributed by atoms with Crippen molar-refractivity contribution in [3.8, 4) is 22.8 Å². The molecule has 4 rings (SSSR count). The van der Waals surface area contributed by atoms with E-state index in [-0.39, 0.29) is 12.4 Å². The maximum atomic E-state index is 12.3. The van der Waals surface area contributed by atoms with Gasteiger partial charge in [-0.3, -0.25) is 4.79 Å². The SMILES string of the molecule is CN(C)C1CCN(c2ccc3c(c2)CCCc2c-3[nH]c(=O)c(OC(=O)O)c2O)C1.Cl. The molecule has 1 fully saturated rings. The molecule has 1 atom stereocenters. The Labute approximate surface area is 180 Å². The number of hydrogen-bond donors (Lipinski definition) is 3. The van der Waals surface area contributed by atoms with Crippen LogP contribution in [0, 0.1) is 0 Å². The number of ether oxygens (including phenoxy) is 1. The van der Waals surface area contributed by atoms with Gasteiger partial charge in [0.1, 0.15) is 0 Å². The van der Waals surface area contributed by atoms with Crippen LogP contribution in [0.2, 0.25) is 0 Å². The van der Waals surface area contributed by atoms with Gasteiger partial charge in [0.25, 0.3) is 5.56 Å². The molecule has 2 aromatic rings. The molecule has 30 heavy (non-hydrogen) atoms. The minimum absolute atomic E-state index is 0. The van der Waals surface area contributed by atoms with E-state index in [1.807, 2.05) is 12.1 Å². The molecule has 3 N–H and O–H groups in total. The highest BCUT2D eigenvalue weighted by atomic mass is 35.5. The van der Waals surface area contributed by atoms with Crippen molar-refractivity contribution in [2.45, 2.75) is 31.7 Å². The lowest BCUT2D eigenvalue weighted by Crippen LogP contribution is -2.31. The number of H-pyrrole nitrogens is 1. The van der Waals surface area contributed by atoms with Crippen molar-refractivity contribution in [1.82, 2.24) is 9.88 Å². The summed E-state index contributed by atoms with van der Waals surface area (Å²) in [7, 11) is 4.21. The molecule has 1 aromatic carbocycles. The molecule has 0 bridgehead atoms. The summed E-state index contributed by atoms with van der Waals surface area (Å²) in [6.45, 7) is 1.99. The van der Waals surface area contributed by atoms with Crippen LogP contribution in [0.3, 0.4) is 0 Å². The molecular weight excluding hydrogens is 410 g/mol. The average Bonchev–Trinajstić information content (AvgIpc) is 3.10. The van der Waals surface area contributed by atoms with Crippen molar-refractivity contribution in [2.24, 2.45) is 0 Å². The lowest BCUT2D eigenvalue weighted by molar-refractivity contribution is 0.142. The predicted octanol–water partition coefficient (Wildman–Crippen LogP) is 2.86. The number of fused-ring (bicyclic) bond motifs is 3. The highest BCUT2D eigenvalue weighted by molar-refractivity contribution is 5.85. The van der Waals surface area contributed by atoms with Gasteiger partial charge in [0.2, 0.25) is 5.75 Å². The fraction of sp³-hybridized carbons (Fsp3) is 0.429. The van der Waals surface area contributed by atoms with E-state index in [9.17, 15) is 14.7 Å². The summed E-state index contributed by atoms with van der Waals surface area (Å²) in [5, 5.41) is 19.3.